The number of rotatable bonds is 70. The van der Waals surface area contributed by atoms with E-state index in [9.17, 15) is 19.0 Å². The van der Waals surface area contributed by atoms with Crippen LogP contribution in [0.2, 0.25) is 0 Å². The molecule has 0 aromatic heterocycles. The second-order valence-corrected chi connectivity index (χ2v) is 28.1. The molecule has 10 heteroatoms. The first-order valence-corrected chi connectivity index (χ1v) is 39.8. The van der Waals surface area contributed by atoms with Gasteiger partial charge in [-0.05, 0) is 109 Å². The number of esters is 2. The maximum atomic E-state index is 12.9. The summed E-state index contributed by atoms with van der Waals surface area (Å²) in [5.41, 5.74) is 0. The summed E-state index contributed by atoms with van der Waals surface area (Å²) in [5, 5.41) is 0. The molecule has 530 valence electrons. The molecule has 0 aliphatic heterocycles. The Hall–Kier alpha value is -3.59. The Labute approximate surface area is 568 Å². The Morgan fingerprint density at radius 1 is 0.348 bits per heavy atom. The first kappa shape index (κ1) is 88.4. The molecule has 92 heavy (non-hydrogen) atoms. The van der Waals surface area contributed by atoms with E-state index in [2.05, 4.69) is 135 Å². The summed E-state index contributed by atoms with van der Waals surface area (Å²) < 4.78 is 34.8. The van der Waals surface area contributed by atoms with Crippen LogP contribution in [-0.2, 0) is 32.7 Å². The monoisotopic (exact) mass is 1300 g/mol. The minimum Gasteiger partial charge on any atom is -0.462 e. The van der Waals surface area contributed by atoms with E-state index in [1.807, 2.05) is 21.1 Å². The molecule has 0 fully saturated rings. The molecule has 0 spiro atoms. The van der Waals surface area contributed by atoms with Crippen LogP contribution in [0.25, 0.3) is 0 Å². The van der Waals surface area contributed by atoms with E-state index in [1.54, 1.807) is 0 Å². The minimum atomic E-state index is -4.40. The molecular weight excluding hydrogens is 1160 g/mol. The lowest BCUT2D eigenvalue weighted by molar-refractivity contribution is -0.870. The summed E-state index contributed by atoms with van der Waals surface area (Å²) in [6, 6.07) is 0. The van der Waals surface area contributed by atoms with Crippen molar-refractivity contribution in [2.24, 2.45) is 0 Å². The third kappa shape index (κ3) is 75.4. The maximum absolute atomic E-state index is 12.9. The fourth-order valence-electron chi connectivity index (χ4n) is 10.7. The van der Waals surface area contributed by atoms with E-state index in [-0.39, 0.29) is 32.0 Å². The topological polar surface area (TPSA) is 108 Å². The number of carbonyl (C=O) groups is 2. The number of ether oxygens (including phenoxy) is 2. The summed E-state index contributed by atoms with van der Waals surface area (Å²) in [5.74, 6) is -0.792. The number of hydrogen-bond acceptors (Lipinski definition) is 7. The van der Waals surface area contributed by atoms with Gasteiger partial charge in [0.15, 0.2) is 6.10 Å². The Morgan fingerprint density at radius 3 is 0.924 bits per heavy atom. The zero-order chi connectivity index (χ0) is 66.9. The molecular formula is C82H145NO8P+. The van der Waals surface area contributed by atoms with Crippen molar-refractivity contribution in [3.8, 4) is 0 Å². The highest BCUT2D eigenvalue weighted by Gasteiger charge is 2.27. The highest BCUT2D eigenvalue weighted by Crippen LogP contribution is 2.43. The number of likely N-dealkylation sites (N-methyl/N-ethyl adjacent to an activating group) is 1. The molecule has 1 N–H and O–H groups in total. The van der Waals surface area contributed by atoms with Gasteiger partial charge in [-0.15, -0.1) is 0 Å². The van der Waals surface area contributed by atoms with E-state index in [4.69, 9.17) is 18.5 Å². The molecule has 0 bridgehead atoms. The van der Waals surface area contributed by atoms with Gasteiger partial charge in [-0.3, -0.25) is 18.6 Å². The molecule has 0 radical (unpaired) electrons. The quantitative estimate of drug-likeness (QED) is 0.0211. The Balaban J connectivity index is 4.02. The van der Waals surface area contributed by atoms with E-state index < -0.39 is 26.5 Å². The molecule has 0 aromatic carbocycles. The second kappa shape index (κ2) is 71.7. The van der Waals surface area contributed by atoms with Crippen molar-refractivity contribution in [2.45, 2.75) is 341 Å². The molecule has 9 nitrogen and oxygen atoms in total. The predicted molar refractivity (Wildman–Crippen MR) is 399 cm³/mol. The Morgan fingerprint density at radius 2 is 0.620 bits per heavy atom. The van der Waals surface area contributed by atoms with Gasteiger partial charge in [-0.25, -0.2) is 4.57 Å². The van der Waals surface area contributed by atoms with Gasteiger partial charge in [0, 0.05) is 12.8 Å². The van der Waals surface area contributed by atoms with Crippen molar-refractivity contribution in [3.63, 3.8) is 0 Å². The summed E-state index contributed by atoms with van der Waals surface area (Å²) in [6.45, 7) is 4.34. The van der Waals surface area contributed by atoms with Gasteiger partial charge in [0.25, 0.3) is 0 Å². The largest absolute Gasteiger partial charge is 0.472 e. The zero-order valence-electron chi connectivity index (χ0n) is 60.5. The van der Waals surface area contributed by atoms with Gasteiger partial charge in [-0.1, -0.05) is 334 Å². The average molecular weight is 1300 g/mol. The van der Waals surface area contributed by atoms with Gasteiger partial charge < -0.3 is 18.9 Å². The Kier molecular flexibility index (Phi) is 68.9. The van der Waals surface area contributed by atoms with Crippen LogP contribution in [0.15, 0.2) is 122 Å². The summed E-state index contributed by atoms with van der Waals surface area (Å²) in [4.78, 5) is 36.0. The lowest BCUT2D eigenvalue weighted by Crippen LogP contribution is -2.37. The third-order valence-corrected chi connectivity index (χ3v) is 17.5. The first-order valence-electron chi connectivity index (χ1n) is 38.3. The molecule has 2 unspecified atom stereocenters. The number of allylic oxidation sites excluding steroid dienone is 20. The summed E-state index contributed by atoms with van der Waals surface area (Å²) in [6.07, 6.45) is 103. The SMILES string of the molecule is CC/C=C\C/C=C\C/C=C\C/C=C\C/C=C\C/C=C\C/C=C\C/C=C\CCCCCCCCCCCCCCC(=O)OC(COC(=O)CCCCCCCCCCCCCCCCCCCCC/C=C\C/C=C\CCCCCCC)COP(=O)(O)OCC[N+](C)(C)C. The summed E-state index contributed by atoms with van der Waals surface area (Å²) >= 11 is 0. The van der Waals surface area contributed by atoms with E-state index in [1.165, 1.54) is 205 Å². The van der Waals surface area contributed by atoms with Gasteiger partial charge in [0.1, 0.15) is 19.8 Å². The van der Waals surface area contributed by atoms with Crippen LogP contribution in [0.5, 0.6) is 0 Å². The van der Waals surface area contributed by atoms with Crippen LogP contribution in [0.3, 0.4) is 0 Å². The number of quaternary nitrogens is 1. The fourth-order valence-corrected chi connectivity index (χ4v) is 11.4. The lowest BCUT2D eigenvalue weighted by Gasteiger charge is -2.24. The lowest BCUT2D eigenvalue weighted by atomic mass is 10.0. The number of phosphoric ester groups is 1. The molecule has 0 aromatic rings. The van der Waals surface area contributed by atoms with Crippen molar-refractivity contribution in [2.75, 3.05) is 47.5 Å². The minimum absolute atomic E-state index is 0.0282. The fraction of sp³-hybridized carbons (Fsp3) is 0.732. The number of phosphoric acid groups is 1. The van der Waals surface area contributed by atoms with Crippen LogP contribution >= 0.6 is 7.82 Å². The van der Waals surface area contributed by atoms with Crippen molar-refractivity contribution >= 4 is 19.8 Å². The number of nitrogens with zero attached hydrogens (tertiary/aromatic N) is 1. The van der Waals surface area contributed by atoms with E-state index >= 15 is 0 Å². The Bertz CT molecular complexity index is 1970. The van der Waals surface area contributed by atoms with Crippen molar-refractivity contribution in [1.29, 1.82) is 0 Å². The van der Waals surface area contributed by atoms with Crippen LogP contribution in [-0.4, -0.2) is 74.9 Å². The van der Waals surface area contributed by atoms with Gasteiger partial charge in [0.05, 0.1) is 27.7 Å². The summed E-state index contributed by atoms with van der Waals surface area (Å²) in [7, 11) is 1.48. The smallest absolute Gasteiger partial charge is 0.462 e. The van der Waals surface area contributed by atoms with Crippen LogP contribution in [0.1, 0.15) is 335 Å². The van der Waals surface area contributed by atoms with Gasteiger partial charge >= 0.3 is 19.8 Å². The number of carbonyl (C=O) groups excluding carboxylic acids is 2. The van der Waals surface area contributed by atoms with Crippen LogP contribution in [0.4, 0.5) is 0 Å². The van der Waals surface area contributed by atoms with Crippen molar-refractivity contribution < 1.29 is 42.1 Å². The third-order valence-electron chi connectivity index (χ3n) is 16.5. The zero-order valence-corrected chi connectivity index (χ0v) is 61.4. The van der Waals surface area contributed by atoms with Crippen molar-refractivity contribution in [1.82, 2.24) is 0 Å². The molecule has 0 aliphatic rings. The van der Waals surface area contributed by atoms with Gasteiger partial charge in [-0.2, -0.15) is 0 Å². The van der Waals surface area contributed by atoms with Crippen LogP contribution < -0.4 is 0 Å². The van der Waals surface area contributed by atoms with Gasteiger partial charge in [0.2, 0.25) is 0 Å². The van der Waals surface area contributed by atoms with Crippen LogP contribution in [0, 0.1) is 0 Å². The van der Waals surface area contributed by atoms with E-state index in [0.717, 1.165) is 96.3 Å². The molecule has 2 atom stereocenters. The van der Waals surface area contributed by atoms with E-state index in [0.29, 0.717) is 17.4 Å². The maximum Gasteiger partial charge on any atom is 0.472 e. The molecule has 0 amide bonds. The molecule has 0 rings (SSSR count). The average Bonchev–Trinajstić information content (AvgIpc) is 2.34. The first-order chi connectivity index (χ1) is 45.0. The highest BCUT2D eigenvalue weighted by molar-refractivity contribution is 7.47. The molecule has 0 saturated heterocycles. The molecule has 0 saturated carbocycles. The highest BCUT2D eigenvalue weighted by atomic mass is 31.2. The second-order valence-electron chi connectivity index (χ2n) is 26.7. The standard InChI is InChI=1S/C82H144NO8P/c1-6-8-10-12-14-16-18-20-22-24-26-28-30-32-34-36-38-39-40-41-42-43-45-47-49-51-53-55-57-59-61-63-65-67-69-71-73-75-82(85)91-80(79-90-92(86,87)89-77-76-83(3,4)5)78-88-81(84)74-72-70-68-66-64-62-60-58-56-54-52-50-48-46-44-37-35-33-31-29-27-25-23-21-19-17-15-13-11-9-7-2/h8,10,14,16,19-22,25-28,32,34,38-39,41-42,45,47,80H,6-7,9,11-13,15,17-18,23-24,29-31,33,35-37,40,43-44,46,48-79H2,1-5H3/p+1/b10-8-,16-14-,21-19-,22-20-,27-25-,28-26-,34-32-,39-38-,42-41-,47-45-. The molecule has 0 aliphatic carbocycles. The predicted octanol–water partition coefficient (Wildman–Crippen LogP) is 25.4. The normalized spacial score (nSPS) is 13.8. The number of hydrogen-bond donors (Lipinski definition) is 1. The number of unbranched alkanes of at least 4 members (excludes halogenated alkanes) is 36. The molecule has 0 heterocycles. The van der Waals surface area contributed by atoms with Crippen molar-refractivity contribution in [3.05, 3.63) is 122 Å².